The number of anilines is 1. The van der Waals surface area contributed by atoms with Crippen molar-refractivity contribution in [2.45, 2.75) is 51.1 Å². The summed E-state index contributed by atoms with van der Waals surface area (Å²) in [6.07, 6.45) is 6.34. The molecule has 0 radical (unpaired) electrons. The second-order valence-corrected chi connectivity index (χ2v) is 7.11. The molecule has 1 heterocycles. The highest BCUT2D eigenvalue weighted by Gasteiger charge is 2.16. The molecular weight excluding hydrogens is 359 g/mol. The fraction of sp³-hybridized carbons (Fsp3) is 0.600. The molecule has 0 aliphatic carbocycles. The quantitative estimate of drug-likeness (QED) is 0.677. The maximum Gasteiger partial charge on any atom is 0.0835 e. The lowest BCUT2D eigenvalue weighted by atomic mass is 10.0. The Labute approximate surface area is 139 Å². The Bertz CT molecular complexity index is 446. The normalized spacial score (nSPS) is 21.3. The van der Waals surface area contributed by atoms with Crippen molar-refractivity contribution >= 4 is 44.8 Å². The molecule has 0 bridgehead atoms. The smallest absolute Gasteiger partial charge is 0.0835 e. The molecule has 1 aliphatic heterocycles. The van der Waals surface area contributed by atoms with Crippen LogP contribution in [-0.4, -0.2) is 18.6 Å². The molecule has 1 fully saturated rings. The number of hydrogen-bond donors (Lipinski definition) is 2. The summed E-state index contributed by atoms with van der Waals surface area (Å²) in [4.78, 5) is 0. The van der Waals surface area contributed by atoms with Crippen LogP contribution in [0.5, 0.6) is 0 Å². The van der Waals surface area contributed by atoms with Crippen molar-refractivity contribution in [3.63, 3.8) is 0 Å². The molecule has 0 spiro atoms. The van der Waals surface area contributed by atoms with Gasteiger partial charge >= 0.3 is 0 Å². The molecule has 0 aromatic heterocycles. The van der Waals surface area contributed by atoms with Gasteiger partial charge in [-0.25, -0.2) is 0 Å². The van der Waals surface area contributed by atoms with Gasteiger partial charge in [-0.05, 0) is 60.8 Å². The molecule has 1 aromatic carbocycles. The molecular formula is C15H21BrCl2N2. The first-order valence-corrected chi connectivity index (χ1v) is 8.76. The zero-order valence-electron chi connectivity index (χ0n) is 11.7. The van der Waals surface area contributed by atoms with Crippen LogP contribution in [0.15, 0.2) is 16.6 Å². The van der Waals surface area contributed by atoms with Gasteiger partial charge in [0.1, 0.15) is 0 Å². The second-order valence-electron chi connectivity index (χ2n) is 5.50. The molecule has 2 unspecified atom stereocenters. The van der Waals surface area contributed by atoms with Gasteiger partial charge in [-0.1, -0.05) is 36.0 Å². The SMILES string of the molecule is CC(CC1CCCCCN1)Nc1ccc(Br)c(Cl)c1Cl. The zero-order chi connectivity index (χ0) is 14.5. The van der Waals surface area contributed by atoms with Crippen LogP contribution in [0.2, 0.25) is 10.0 Å². The highest BCUT2D eigenvalue weighted by atomic mass is 79.9. The lowest BCUT2D eigenvalue weighted by molar-refractivity contribution is 0.456. The third kappa shape index (κ3) is 4.52. The molecule has 1 aliphatic rings. The molecule has 1 aromatic rings. The largest absolute Gasteiger partial charge is 0.381 e. The lowest BCUT2D eigenvalue weighted by Crippen LogP contribution is -2.33. The molecule has 20 heavy (non-hydrogen) atoms. The third-order valence-corrected chi connectivity index (χ3v) is 5.51. The van der Waals surface area contributed by atoms with Gasteiger partial charge in [-0.3, -0.25) is 0 Å². The van der Waals surface area contributed by atoms with Crippen LogP contribution >= 0.6 is 39.1 Å². The minimum absolute atomic E-state index is 0.361. The maximum absolute atomic E-state index is 6.27. The molecule has 2 rings (SSSR count). The number of nitrogens with one attached hydrogen (secondary N) is 2. The highest BCUT2D eigenvalue weighted by molar-refractivity contribution is 9.10. The summed E-state index contributed by atoms with van der Waals surface area (Å²) < 4.78 is 0.827. The van der Waals surface area contributed by atoms with Crippen LogP contribution in [0.1, 0.15) is 39.0 Å². The second kappa shape index (κ2) is 7.88. The van der Waals surface area contributed by atoms with Gasteiger partial charge in [-0.15, -0.1) is 0 Å². The van der Waals surface area contributed by atoms with E-state index < -0.39 is 0 Å². The van der Waals surface area contributed by atoms with Crippen LogP contribution in [0.4, 0.5) is 5.69 Å². The van der Waals surface area contributed by atoms with Gasteiger partial charge in [0.25, 0.3) is 0 Å². The molecule has 0 amide bonds. The van der Waals surface area contributed by atoms with Crippen molar-refractivity contribution in [3.8, 4) is 0 Å². The third-order valence-electron chi connectivity index (χ3n) is 3.74. The average molecular weight is 380 g/mol. The Morgan fingerprint density at radius 1 is 1.30 bits per heavy atom. The highest BCUT2D eigenvalue weighted by Crippen LogP contribution is 2.36. The Morgan fingerprint density at radius 3 is 2.90 bits per heavy atom. The van der Waals surface area contributed by atoms with Crippen molar-refractivity contribution in [3.05, 3.63) is 26.7 Å². The van der Waals surface area contributed by atoms with E-state index in [0.29, 0.717) is 22.1 Å². The summed E-state index contributed by atoms with van der Waals surface area (Å²) in [5.41, 5.74) is 0.904. The van der Waals surface area contributed by atoms with Gasteiger partial charge in [0.15, 0.2) is 0 Å². The number of hydrogen-bond acceptors (Lipinski definition) is 2. The zero-order valence-corrected chi connectivity index (χ0v) is 14.8. The van der Waals surface area contributed by atoms with E-state index in [2.05, 4.69) is 33.5 Å². The molecule has 1 saturated heterocycles. The number of rotatable bonds is 4. The van der Waals surface area contributed by atoms with Crippen LogP contribution in [0.3, 0.4) is 0 Å². The number of halogens is 3. The fourth-order valence-corrected chi connectivity index (χ4v) is 3.52. The van der Waals surface area contributed by atoms with Crippen molar-refractivity contribution in [1.82, 2.24) is 5.32 Å². The fourth-order valence-electron chi connectivity index (χ4n) is 2.69. The van der Waals surface area contributed by atoms with E-state index >= 15 is 0 Å². The Kier molecular flexibility index (Phi) is 6.47. The molecule has 2 N–H and O–H groups in total. The first-order chi connectivity index (χ1) is 9.58. The van der Waals surface area contributed by atoms with Crippen LogP contribution in [0, 0.1) is 0 Å². The van der Waals surface area contributed by atoms with Crippen molar-refractivity contribution < 1.29 is 0 Å². The van der Waals surface area contributed by atoms with E-state index in [4.69, 9.17) is 23.2 Å². The number of benzene rings is 1. The minimum atomic E-state index is 0.361. The minimum Gasteiger partial charge on any atom is -0.381 e. The predicted octanol–water partition coefficient (Wildman–Crippen LogP) is 5.48. The Balaban J connectivity index is 1.93. The predicted molar refractivity (Wildman–Crippen MR) is 92.1 cm³/mol. The van der Waals surface area contributed by atoms with E-state index in [1.54, 1.807) is 0 Å². The molecule has 2 nitrogen and oxygen atoms in total. The summed E-state index contributed by atoms with van der Waals surface area (Å²) in [5.74, 6) is 0. The van der Waals surface area contributed by atoms with Crippen molar-refractivity contribution in [2.24, 2.45) is 0 Å². The van der Waals surface area contributed by atoms with Crippen LogP contribution in [-0.2, 0) is 0 Å². The van der Waals surface area contributed by atoms with Crippen LogP contribution < -0.4 is 10.6 Å². The topological polar surface area (TPSA) is 24.1 Å². The summed E-state index contributed by atoms with van der Waals surface area (Å²) in [6.45, 7) is 3.33. The molecule has 5 heteroatoms. The van der Waals surface area contributed by atoms with E-state index in [0.717, 1.165) is 23.1 Å². The van der Waals surface area contributed by atoms with Gasteiger partial charge in [0.05, 0.1) is 15.7 Å². The molecule has 0 saturated carbocycles. The van der Waals surface area contributed by atoms with Gasteiger partial charge in [-0.2, -0.15) is 0 Å². The first kappa shape index (κ1) is 16.4. The van der Waals surface area contributed by atoms with Gasteiger partial charge in [0.2, 0.25) is 0 Å². The van der Waals surface area contributed by atoms with Gasteiger partial charge < -0.3 is 10.6 Å². The van der Waals surface area contributed by atoms with E-state index in [-0.39, 0.29) is 0 Å². The Morgan fingerprint density at radius 2 is 2.10 bits per heavy atom. The summed E-state index contributed by atoms with van der Waals surface area (Å²) in [7, 11) is 0. The van der Waals surface area contributed by atoms with E-state index in [9.17, 15) is 0 Å². The molecule has 112 valence electrons. The Hall–Kier alpha value is 0.0400. The first-order valence-electron chi connectivity index (χ1n) is 7.21. The van der Waals surface area contributed by atoms with Crippen molar-refractivity contribution in [2.75, 3.05) is 11.9 Å². The molecule has 2 atom stereocenters. The van der Waals surface area contributed by atoms with E-state index in [1.165, 1.54) is 25.7 Å². The summed E-state index contributed by atoms with van der Waals surface area (Å²) in [6, 6.07) is 4.85. The van der Waals surface area contributed by atoms with E-state index in [1.807, 2.05) is 12.1 Å². The standard InChI is InChI=1S/C15H21BrCl2N2/c1-10(9-11-5-3-2-4-8-19-11)20-13-7-6-12(16)14(17)15(13)18/h6-7,10-11,19-20H,2-5,8-9H2,1H3. The average Bonchev–Trinajstić information content (AvgIpc) is 2.68. The summed E-state index contributed by atoms with van der Waals surface area (Å²) >= 11 is 15.8. The van der Waals surface area contributed by atoms with Crippen molar-refractivity contribution in [1.29, 1.82) is 0 Å². The van der Waals surface area contributed by atoms with Gasteiger partial charge in [0, 0.05) is 16.6 Å². The monoisotopic (exact) mass is 378 g/mol. The van der Waals surface area contributed by atoms with Crippen LogP contribution in [0.25, 0.3) is 0 Å². The lowest BCUT2D eigenvalue weighted by Gasteiger charge is -2.23. The maximum atomic E-state index is 6.27. The summed E-state index contributed by atoms with van der Waals surface area (Å²) in [5, 5.41) is 8.25.